The van der Waals surface area contributed by atoms with Crippen molar-refractivity contribution in [2.45, 2.75) is 19.9 Å². The maximum atomic E-state index is 11.7. The van der Waals surface area contributed by atoms with Crippen LogP contribution in [-0.4, -0.2) is 37.4 Å². The Hall–Kier alpha value is -3.42. The van der Waals surface area contributed by atoms with Crippen LogP contribution in [0, 0.1) is 0 Å². The van der Waals surface area contributed by atoms with Crippen molar-refractivity contribution >= 4 is 33.5 Å². The largest absolute Gasteiger partial charge is 0.383 e. The van der Waals surface area contributed by atoms with Gasteiger partial charge in [-0.3, -0.25) is 14.6 Å². The number of nitrogens with two attached hydrogens (primary N) is 1. The smallest absolute Gasteiger partial charge is 0.221 e. The highest BCUT2D eigenvalue weighted by atomic mass is 16.1. The zero-order valence-electron chi connectivity index (χ0n) is 14.4. The summed E-state index contributed by atoms with van der Waals surface area (Å²) in [5, 5.41) is 16.1. The molecule has 0 aliphatic rings. The molecule has 0 unspecified atom stereocenters. The number of pyridine rings is 1. The van der Waals surface area contributed by atoms with E-state index >= 15 is 0 Å². The summed E-state index contributed by atoms with van der Waals surface area (Å²) in [5.74, 6) is 0.436. The second-order valence-corrected chi connectivity index (χ2v) is 6.06. The van der Waals surface area contributed by atoms with E-state index in [9.17, 15) is 4.79 Å². The normalized spacial score (nSPS) is 11.3. The molecule has 4 aromatic rings. The number of carbonyl (C=O) groups is 1. The van der Waals surface area contributed by atoms with E-state index in [4.69, 9.17) is 5.73 Å². The first kappa shape index (κ1) is 16.1. The van der Waals surface area contributed by atoms with Crippen LogP contribution in [-0.2, 0) is 11.3 Å². The molecule has 3 aromatic heterocycles. The monoisotopic (exact) mass is 349 g/mol. The van der Waals surface area contributed by atoms with Gasteiger partial charge in [-0.2, -0.15) is 10.2 Å². The lowest BCUT2D eigenvalue weighted by Crippen LogP contribution is -2.23. The lowest BCUT2D eigenvalue weighted by molar-refractivity contribution is -0.121. The maximum absolute atomic E-state index is 11.7. The molecule has 26 heavy (non-hydrogen) atoms. The van der Waals surface area contributed by atoms with Crippen LogP contribution >= 0.6 is 0 Å². The van der Waals surface area contributed by atoms with Crippen LogP contribution in [0.3, 0.4) is 0 Å². The molecule has 4 rings (SSSR count). The fourth-order valence-corrected chi connectivity index (χ4v) is 3.02. The quantitative estimate of drug-likeness (QED) is 0.510. The summed E-state index contributed by atoms with van der Waals surface area (Å²) in [7, 11) is 0. The van der Waals surface area contributed by atoms with Crippen LogP contribution in [0.2, 0.25) is 0 Å². The van der Waals surface area contributed by atoms with E-state index in [2.05, 4.69) is 25.6 Å². The fraction of sp³-hybridized carbons (Fsp3) is 0.222. The van der Waals surface area contributed by atoms with Gasteiger partial charge in [0.25, 0.3) is 0 Å². The van der Waals surface area contributed by atoms with Gasteiger partial charge in [-0.1, -0.05) is 6.07 Å². The van der Waals surface area contributed by atoms with Gasteiger partial charge in [0.1, 0.15) is 11.3 Å². The van der Waals surface area contributed by atoms with Crippen molar-refractivity contribution in [2.75, 3.05) is 12.3 Å². The van der Waals surface area contributed by atoms with Gasteiger partial charge in [0.15, 0.2) is 0 Å². The molecule has 1 amide bonds. The van der Waals surface area contributed by atoms with Crippen LogP contribution in [0.25, 0.3) is 33.1 Å². The van der Waals surface area contributed by atoms with E-state index in [0.717, 1.165) is 33.1 Å². The highest BCUT2D eigenvalue weighted by Gasteiger charge is 2.12. The number of nitrogens with zero attached hydrogens (tertiary/aromatic N) is 4. The molecule has 0 spiro atoms. The number of aryl methyl sites for hydroxylation is 1. The summed E-state index contributed by atoms with van der Waals surface area (Å²) in [6.07, 6.45) is 3.93. The summed E-state index contributed by atoms with van der Waals surface area (Å²) in [4.78, 5) is 16.2. The number of nitrogen functional groups attached to an aromatic ring is 1. The SMILES string of the molecule is CCNC(=O)CCn1cc2c(N)nc3cc(-c4ccn[nH]4)ccc3c2n1. The highest BCUT2D eigenvalue weighted by Crippen LogP contribution is 2.29. The van der Waals surface area contributed by atoms with Gasteiger partial charge in [-0.25, -0.2) is 4.98 Å². The second kappa shape index (κ2) is 6.47. The van der Waals surface area contributed by atoms with Crippen molar-refractivity contribution in [1.29, 1.82) is 0 Å². The topological polar surface area (TPSA) is 115 Å². The van der Waals surface area contributed by atoms with E-state index in [1.165, 1.54) is 0 Å². The molecule has 0 bridgehead atoms. The number of hydrogen-bond donors (Lipinski definition) is 3. The number of aromatic amines is 1. The number of fused-ring (bicyclic) bond motifs is 3. The van der Waals surface area contributed by atoms with Gasteiger partial charge < -0.3 is 11.1 Å². The molecule has 3 heterocycles. The number of benzene rings is 1. The minimum absolute atomic E-state index is 0.00668. The van der Waals surface area contributed by atoms with Crippen LogP contribution in [0.5, 0.6) is 0 Å². The Bertz CT molecular complexity index is 1080. The van der Waals surface area contributed by atoms with Crippen molar-refractivity contribution in [3.8, 4) is 11.3 Å². The van der Waals surface area contributed by atoms with Crippen LogP contribution in [0.1, 0.15) is 13.3 Å². The summed E-state index contributed by atoms with van der Waals surface area (Å²) in [6, 6.07) is 7.85. The van der Waals surface area contributed by atoms with Crippen molar-refractivity contribution in [3.05, 3.63) is 36.7 Å². The van der Waals surface area contributed by atoms with Crippen LogP contribution < -0.4 is 11.1 Å². The molecule has 8 nitrogen and oxygen atoms in total. The first-order valence-corrected chi connectivity index (χ1v) is 8.48. The molecule has 0 fully saturated rings. The molecule has 0 aliphatic heterocycles. The van der Waals surface area contributed by atoms with E-state index in [0.29, 0.717) is 25.3 Å². The second-order valence-electron chi connectivity index (χ2n) is 6.06. The molecule has 1 aromatic carbocycles. The number of anilines is 1. The zero-order valence-corrected chi connectivity index (χ0v) is 14.4. The lowest BCUT2D eigenvalue weighted by Gasteiger charge is -2.04. The molecule has 0 atom stereocenters. The third-order valence-electron chi connectivity index (χ3n) is 4.29. The maximum Gasteiger partial charge on any atom is 0.221 e. The average molecular weight is 349 g/mol. The molecular weight excluding hydrogens is 330 g/mol. The first-order chi connectivity index (χ1) is 12.7. The van der Waals surface area contributed by atoms with Crippen molar-refractivity contribution in [2.24, 2.45) is 0 Å². The Morgan fingerprint density at radius 1 is 1.31 bits per heavy atom. The number of nitrogens with one attached hydrogen (secondary N) is 2. The minimum atomic E-state index is 0.00668. The van der Waals surface area contributed by atoms with E-state index < -0.39 is 0 Å². The summed E-state index contributed by atoms with van der Waals surface area (Å²) in [5.41, 5.74) is 9.61. The lowest BCUT2D eigenvalue weighted by atomic mass is 10.1. The minimum Gasteiger partial charge on any atom is -0.383 e. The number of rotatable bonds is 5. The van der Waals surface area contributed by atoms with E-state index in [1.807, 2.05) is 37.4 Å². The van der Waals surface area contributed by atoms with E-state index in [1.54, 1.807) is 10.9 Å². The standard InChI is InChI=1S/C18H19N7O/c1-2-20-16(26)6-8-25-10-13-17(24-25)12-4-3-11(14-5-7-21-23-14)9-15(12)22-18(13)19/h3-5,7,9-10H,2,6,8H2,1H3,(H2,19,22)(H,20,26)(H,21,23). The Morgan fingerprint density at radius 2 is 2.19 bits per heavy atom. The fourth-order valence-electron chi connectivity index (χ4n) is 3.02. The van der Waals surface area contributed by atoms with Gasteiger partial charge in [0, 0.05) is 42.9 Å². The average Bonchev–Trinajstić information content (AvgIpc) is 3.30. The Kier molecular flexibility index (Phi) is 4.00. The highest BCUT2D eigenvalue weighted by molar-refractivity contribution is 6.08. The Morgan fingerprint density at radius 3 is 2.96 bits per heavy atom. The Labute approximate surface area is 149 Å². The van der Waals surface area contributed by atoms with Crippen molar-refractivity contribution in [3.63, 3.8) is 0 Å². The molecule has 0 aliphatic carbocycles. The molecule has 0 saturated carbocycles. The molecular formula is C18H19N7O. The third kappa shape index (κ3) is 2.85. The number of carbonyl (C=O) groups excluding carboxylic acids is 1. The van der Waals surface area contributed by atoms with Crippen molar-refractivity contribution < 1.29 is 4.79 Å². The number of hydrogen-bond acceptors (Lipinski definition) is 5. The van der Waals surface area contributed by atoms with Gasteiger partial charge in [0.2, 0.25) is 5.91 Å². The summed E-state index contributed by atoms with van der Waals surface area (Å²) in [6.45, 7) is 3.02. The molecule has 132 valence electrons. The summed E-state index contributed by atoms with van der Waals surface area (Å²) >= 11 is 0. The number of amides is 1. The van der Waals surface area contributed by atoms with Gasteiger partial charge in [-0.05, 0) is 25.1 Å². The van der Waals surface area contributed by atoms with E-state index in [-0.39, 0.29) is 5.91 Å². The van der Waals surface area contributed by atoms with Gasteiger partial charge in [0.05, 0.1) is 16.6 Å². The molecule has 0 saturated heterocycles. The number of H-pyrrole nitrogens is 1. The molecule has 8 heteroatoms. The van der Waals surface area contributed by atoms with Crippen molar-refractivity contribution in [1.82, 2.24) is 30.3 Å². The molecule has 4 N–H and O–H groups in total. The van der Waals surface area contributed by atoms with Gasteiger partial charge >= 0.3 is 0 Å². The third-order valence-corrected chi connectivity index (χ3v) is 4.29. The zero-order chi connectivity index (χ0) is 18.1. The van der Waals surface area contributed by atoms with Crippen LogP contribution in [0.15, 0.2) is 36.7 Å². The van der Waals surface area contributed by atoms with Gasteiger partial charge in [-0.15, -0.1) is 0 Å². The molecule has 0 radical (unpaired) electrons. The predicted molar refractivity (Wildman–Crippen MR) is 100 cm³/mol. The number of aromatic nitrogens is 5. The predicted octanol–water partition coefficient (Wildman–Crippen LogP) is 2.08. The Balaban J connectivity index is 1.73. The van der Waals surface area contributed by atoms with Crippen LogP contribution in [0.4, 0.5) is 5.82 Å². The first-order valence-electron chi connectivity index (χ1n) is 8.48. The summed E-state index contributed by atoms with van der Waals surface area (Å²) < 4.78 is 1.75.